The van der Waals surface area contributed by atoms with E-state index in [1.165, 1.54) is 5.56 Å². The van der Waals surface area contributed by atoms with Gasteiger partial charge < -0.3 is 9.30 Å². The van der Waals surface area contributed by atoms with E-state index < -0.39 is 0 Å². The predicted molar refractivity (Wildman–Crippen MR) is 116 cm³/mol. The van der Waals surface area contributed by atoms with Crippen LogP contribution in [0.25, 0.3) is 21.9 Å². The minimum atomic E-state index is 0.507. The largest absolute Gasteiger partial charge is 0.437 e. The fourth-order valence-electron chi connectivity index (χ4n) is 3.59. The van der Waals surface area contributed by atoms with E-state index in [1.54, 1.807) is 0 Å². The lowest BCUT2D eigenvalue weighted by Crippen LogP contribution is -2.01. The van der Waals surface area contributed by atoms with Crippen molar-refractivity contribution < 1.29 is 4.74 Å². The number of imidazole rings is 1. The quantitative estimate of drug-likeness (QED) is 0.398. The number of nitriles is 1. The Hall–Kier alpha value is -4.17. The molecule has 5 heteroatoms. The number of aryl methyl sites for hydroxylation is 2. The predicted octanol–water partition coefficient (Wildman–Crippen LogP) is 5.49. The lowest BCUT2D eigenvalue weighted by atomic mass is 10.1. The maximum Gasteiger partial charge on any atom is 0.248 e. The SMILES string of the molecule is N#Cc1ccc(CCn2cnc3c(Oc4ccccc4)nc4ccccc4c32)cc1. The second-order valence-electron chi connectivity index (χ2n) is 7.04. The van der Waals surface area contributed by atoms with Gasteiger partial charge in [0.1, 0.15) is 5.75 Å². The molecule has 0 aliphatic rings. The molecule has 0 amide bonds. The van der Waals surface area contributed by atoms with Crippen LogP contribution < -0.4 is 4.74 Å². The first kappa shape index (κ1) is 17.9. The molecule has 5 aromatic rings. The van der Waals surface area contributed by atoms with E-state index in [0.29, 0.717) is 11.4 Å². The Kier molecular flexibility index (Phi) is 4.59. The summed E-state index contributed by atoms with van der Waals surface area (Å²) in [6.07, 6.45) is 2.68. The summed E-state index contributed by atoms with van der Waals surface area (Å²) in [6, 6.07) is 27.6. The highest BCUT2D eigenvalue weighted by Gasteiger charge is 2.15. The number of nitrogens with zero attached hydrogens (tertiary/aromatic N) is 4. The van der Waals surface area contributed by atoms with Crippen molar-refractivity contribution in [2.75, 3.05) is 0 Å². The Bertz CT molecular complexity index is 1370. The Morgan fingerprint density at radius 1 is 0.900 bits per heavy atom. The lowest BCUT2D eigenvalue weighted by molar-refractivity contribution is 0.470. The Balaban J connectivity index is 1.55. The van der Waals surface area contributed by atoms with Crippen LogP contribution in [0.4, 0.5) is 0 Å². The lowest BCUT2D eigenvalue weighted by Gasteiger charge is -2.10. The molecule has 3 aromatic carbocycles. The molecule has 0 saturated heterocycles. The summed E-state index contributed by atoms with van der Waals surface area (Å²) in [4.78, 5) is 9.36. The Labute approximate surface area is 173 Å². The third-order valence-corrected chi connectivity index (χ3v) is 5.10. The summed E-state index contributed by atoms with van der Waals surface area (Å²) in [5.74, 6) is 1.24. The summed E-state index contributed by atoms with van der Waals surface area (Å²) >= 11 is 0. The molecule has 0 atom stereocenters. The molecule has 0 saturated carbocycles. The zero-order valence-electron chi connectivity index (χ0n) is 16.2. The first-order valence-corrected chi connectivity index (χ1v) is 9.77. The molecule has 5 rings (SSSR count). The van der Waals surface area contributed by atoms with Crippen LogP contribution in [0.2, 0.25) is 0 Å². The van der Waals surface area contributed by atoms with Gasteiger partial charge >= 0.3 is 0 Å². The second kappa shape index (κ2) is 7.69. The van der Waals surface area contributed by atoms with Crippen LogP contribution in [-0.4, -0.2) is 14.5 Å². The second-order valence-corrected chi connectivity index (χ2v) is 7.04. The molecule has 0 fully saturated rings. The van der Waals surface area contributed by atoms with Crippen molar-refractivity contribution in [2.45, 2.75) is 13.0 Å². The van der Waals surface area contributed by atoms with Crippen molar-refractivity contribution in [2.24, 2.45) is 0 Å². The van der Waals surface area contributed by atoms with Crippen molar-refractivity contribution in [3.8, 4) is 17.7 Å². The summed E-state index contributed by atoms with van der Waals surface area (Å²) in [6.45, 7) is 0.765. The fraction of sp³-hybridized carbons (Fsp3) is 0.0800. The summed E-state index contributed by atoms with van der Waals surface area (Å²) in [5, 5.41) is 10.0. The van der Waals surface area contributed by atoms with E-state index in [1.807, 2.05) is 79.1 Å². The number of benzene rings is 3. The van der Waals surface area contributed by atoms with E-state index in [4.69, 9.17) is 15.0 Å². The van der Waals surface area contributed by atoms with Crippen LogP contribution in [0.5, 0.6) is 11.6 Å². The molecule has 0 spiro atoms. The van der Waals surface area contributed by atoms with Crippen LogP contribution in [-0.2, 0) is 13.0 Å². The van der Waals surface area contributed by atoms with Crippen LogP contribution >= 0.6 is 0 Å². The average molecular weight is 390 g/mol. The minimum Gasteiger partial charge on any atom is -0.437 e. The van der Waals surface area contributed by atoms with Crippen molar-refractivity contribution in [3.05, 3.63) is 96.3 Å². The van der Waals surface area contributed by atoms with Crippen LogP contribution in [0.3, 0.4) is 0 Å². The topological polar surface area (TPSA) is 63.7 Å². The van der Waals surface area contributed by atoms with Crippen molar-refractivity contribution >= 4 is 21.9 Å². The van der Waals surface area contributed by atoms with Crippen LogP contribution in [0, 0.1) is 11.3 Å². The van der Waals surface area contributed by atoms with Gasteiger partial charge in [0.25, 0.3) is 0 Å². The maximum atomic E-state index is 8.98. The van der Waals surface area contributed by atoms with Gasteiger partial charge in [-0.05, 0) is 42.3 Å². The van der Waals surface area contributed by atoms with Crippen molar-refractivity contribution in [1.82, 2.24) is 14.5 Å². The first-order chi connectivity index (χ1) is 14.8. The highest BCUT2D eigenvalue weighted by atomic mass is 16.5. The van der Waals surface area contributed by atoms with E-state index in [2.05, 4.69) is 21.7 Å². The number of aromatic nitrogens is 3. The molecule has 5 nitrogen and oxygen atoms in total. The van der Waals surface area contributed by atoms with Gasteiger partial charge in [-0.1, -0.05) is 48.5 Å². The van der Waals surface area contributed by atoms with E-state index in [-0.39, 0.29) is 0 Å². The standard InChI is InChI=1S/C25H18N4O/c26-16-19-12-10-18(11-13-19)14-15-29-17-27-23-24(29)21-8-4-5-9-22(21)28-25(23)30-20-6-2-1-3-7-20/h1-13,17H,14-15H2. The molecule has 0 aliphatic heterocycles. The minimum absolute atomic E-state index is 0.507. The molecular formula is C25H18N4O. The van der Waals surface area contributed by atoms with Gasteiger partial charge in [-0.25, -0.2) is 9.97 Å². The molecule has 0 radical (unpaired) electrons. The molecule has 0 aliphatic carbocycles. The van der Waals surface area contributed by atoms with Gasteiger partial charge in [-0.2, -0.15) is 5.26 Å². The van der Waals surface area contributed by atoms with E-state index in [9.17, 15) is 0 Å². The smallest absolute Gasteiger partial charge is 0.248 e. The number of ether oxygens (including phenoxy) is 1. The highest BCUT2D eigenvalue weighted by Crippen LogP contribution is 2.32. The normalized spacial score (nSPS) is 10.9. The summed E-state index contributed by atoms with van der Waals surface area (Å²) in [5.41, 5.74) is 4.48. The number of fused-ring (bicyclic) bond motifs is 3. The van der Waals surface area contributed by atoms with Crippen LogP contribution in [0.15, 0.2) is 85.2 Å². The van der Waals surface area contributed by atoms with Crippen LogP contribution in [0.1, 0.15) is 11.1 Å². The van der Waals surface area contributed by atoms with Crippen molar-refractivity contribution in [3.63, 3.8) is 0 Å². The summed E-state index contributed by atoms with van der Waals surface area (Å²) < 4.78 is 8.23. The molecule has 0 unspecified atom stereocenters. The number of para-hydroxylation sites is 2. The van der Waals surface area contributed by atoms with Gasteiger partial charge in [-0.3, -0.25) is 0 Å². The number of rotatable bonds is 5. The third kappa shape index (κ3) is 3.36. The van der Waals surface area contributed by atoms with Gasteiger partial charge in [-0.15, -0.1) is 0 Å². The zero-order valence-corrected chi connectivity index (χ0v) is 16.2. The molecule has 144 valence electrons. The summed E-state index contributed by atoms with van der Waals surface area (Å²) in [7, 11) is 0. The molecule has 2 heterocycles. The van der Waals surface area contributed by atoms with Gasteiger partial charge in [0.15, 0.2) is 5.52 Å². The average Bonchev–Trinajstić information content (AvgIpc) is 3.23. The molecular weight excluding hydrogens is 372 g/mol. The van der Waals surface area contributed by atoms with E-state index >= 15 is 0 Å². The van der Waals surface area contributed by atoms with Crippen molar-refractivity contribution in [1.29, 1.82) is 5.26 Å². The molecule has 0 bridgehead atoms. The fourth-order valence-corrected chi connectivity index (χ4v) is 3.59. The Morgan fingerprint density at radius 3 is 2.47 bits per heavy atom. The highest BCUT2D eigenvalue weighted by molar-refractivity contribution is 6.04. The number of hydrogen-bond acceptors (Lipinski definition) is 4. The molecule has 30 heavy (non-hydrogen) atoms. The van der Waals surface area contributed by atoms with Gasteiger partial charge in [0.2, 0.25) is 5.88 Å². The number of pyridine rings is 1. The maximum absolute atomic E-state index is 8.98. The van der Waals surface area contributed by atoms with Gasteiger partial charge in [0.05, 0.1) is 29.0 Å². The monoisotopic (exact) mass is 390 g/mol. The van der Waals surface area contributed by atoms with E-state index in [0.717, 1.165) is 40.7 Å². The third-order valence-electron chi connectivity index (χ3n) is 5.10. The Morgan fingerprint density at radius 2 is 1.67 bits per heavy atom. The zero-order chi connectivity index (χ0) is 20.3. The van der Waals surface area contributed by atoms with Gasteiger partial charge in [0, 0.05) is 11.9 Å². The number of hydrogen-bond donors (Lipinski definition) is 0. The molecule has 0 N–H and O–H groups in total. The first-order valence-electron chi connectivity index (χ1n) is 9.77. The molecule has 2 aromatic heterocycles.